The van der Waals surface area contributed by atoms with Crippen molar-refractivity contribution in [2.24, 2.45) is 0 Å². The van der Waals surface area contributed by atoms with Crippen molar-refractivity contribution in [2.75, 3.05) is 0 Å². The molecule has 0 unspecified atom stereocenters. The Hall–Kier alpha value is -2.97. The normalized spacial score (nSPS) is 11.8. The van der Waals surface area contributed by atoms with Crippen molar-refractivity contribution < 1.29 is 0 Å². The summed E-state index contributed by atoms with van der Waals surface area (Å²) in [5, 5.41) is 6.13. The average Bonchev–Trinajstić information content (AvgIpc) is 3.08. The Labute approximate surface area is 149 Å². The average molecular weight is 337 g/mol. The first kappa shape index (κ1) is 14.4. The second-order valence-corrected chi connectivity index (χ2v) is 7.15. The Morgan fingerprint density at radius 3 is 2.04 bits per heavy atom. The molecule has 118 valence electrons. The highest BCUT2D eigenvalue weighted by Crippen LogP contribution is 2.31. The van der Waals surface area contributed by atoms with Gasteiger partial charge in [0.25, 0.3) is 0 Å². The quantitative estimate of drug-likeness (QED) is 0.324. The first-order valence-electron chi connectivity index (χ1n) is 8.33. The third kappa shape index (κ3) is 2.51. The summed E-state index contributed by atoms with van der Waals surface area (Å²) < 4.78 is 1.23. The fourth-order valence-electron chi connectivity index (χ4n) is 3.34. The van der Waals surface area contributed by atoms with Gasteiger partial charge in [0.2, 0.25) is 0 Å². The van der Waals surface area contributed by atoms with Crippen molar-refractivity contribution in [3.8, 4) is 0 Å². The van der Waals surface area contributed by atoms with Crippen molar-refractivity contribution in [2.45, 2.75) is 0 Å². The molecule has 0 fully saturated rings. The van der Waals surface area contributed by atoms with Gasteiger partial charge in [-0.2, -0.15) is 0 Å². The summed E-state index contributed by atoms with van der Waals surface area (Å²) in [6.07, 6.45) is 4.35. The second-order valence-electron chi connectivity index (χ2n) is 6.09. The molecule has 0 atom stereocenters. The molecule has 0 radical (unpaired) electrons. The van der Waals surface area contributed by atoms with Gasteiger partial charge in [-0.25, -0.2) is 4.98 Å². The Morgan fingerprint density at radius 1 is 0.680 bits per heavy atom. The van der Waals surface area contributed by atoms with Gasteiger partial charge in [0.15, 0.2) is 0 Å². The summed E-state index contributed by atoms with van der Waals surface area (Å²) in [6.45, 7) is 0. The zero-order chi connectivity index (χ0) is 16.6. The summed E-state index contributed by atoms with van der Waals surface area (Å²) in [6, 6.07) is 27.7. The van der Waals surface area contributed by atoms with Gasteiger partial charge >= 0.3 is 0 Å². The molecule has 0 aliphatic carbocycles. The Balaban J connectivity index is 1.72. The van der Waals surface area contributed by atoms with Crippen molar-refractivity contribution in [1.82, 2.24) is 4.98 Å². The summed E-state index contributed by atoms with van der Waals surface area (Å²) >= 11 is 1.73. The van der Waals surface area contributed by atoms with Gasteiger partial charge in [-0.05, 0) is 51.4 Å². The highest BCUT2D eigenvalue weighted by atomic mass is 32.1. The first-order chi connectivity index (χ1) is 12.4. The van der Waals surface area contributed by atoms with Crippen LogP contribution in [0.1, 0.15) is 10.6 Å². The van der Waals surface area contributed by atoms with Crippen molar-refractivity contribution >= 4 is 55.3 Å². The summed E-state index contributed by atoms with van der Waals surface area (Å²) in [4.78, 5) is 4.72. The van der Waals surface area contributed by atoms with E-state index in [-0.39, 0.29) is 0 Å². The third-order valence-corrected chi connectivity index (χ3v) is 5.52. The smallest absolute Gasteiger partial charge is 0.117 e. The molecule has 5 aromatic rings. The van der Waals surface area contributed by atoms with Gasteiger partial charge in [-0.3, -0.25) is 0 Å². The molecule has 2 heteroatoms. The number of benzene rings is 4. The van der Waals surface area contributed by atoms with Crippen LogP contribution in [0.4, 0.5) is 0 Å². The highest BCUT2D eigenvalue weighted by molar-refractivity contribution is 7.19. The maximum Gasteiger partial charge on any atom is 0.117 e. The summed E-state index contributed by atoms with van der Waals surface area (Å²) in [7, 11) is 0. The maximum atomic E-state index is 4.72. The van der Waals surface area contributed by atoms with E-state index in [1.54, 1.807) is 11.3 Å². The lowest BCUT2D eigenvalue weighted by Gasteiger charge is -2.08. The van der Waals surface area contributed by atoms with Gasteiger partial charge in [0.05, 0.1) is 10.2 Å². The molecular formula is C23H15NS. The first-order valence-corrected chi connectivity index (χ1v) is 9.14. The topological polar surface area (TPSA) is 12.9 Å². The van der Waals surface area contributed by atoms with Gasteiger partial charge < -0.3 is 0 Å². The van der Waals surface area contributed by atoms with E-state index in [1.165, 1.54) is 31.8 Å². The van der Waals surface area contributed by atoms with Crippen LogP contribution in [0.5, 0.6) is 0 Å². The zero-order valence-corrected chi connectivity index (χ0v) is 14.3. The predicted octanol–water partition coefficient (Wildman–Crippen LogP) is 6.77. The van der Waals surface area contributed by atoms with E-state index in [4.69, 9.17) is 4.98 Å². The molecular weight excluding hydrogens is 322 g/mol. The summed E-state index contributed by atoms with van der Waals surface area (Å²) in [5.41, 5.74) is 2.32. The van der Waals surface area contributed by atoms with Crippen molar-refractivity contribution in [1.29, 1.82) is 0 Å². The molecule has 0 amide bonds. The van der Waals surface area contributed by atoms with Crippen molar-refractivity contribution in [3.63, 3.8) is 0 Å². The SMILES string of the molecule is C(=C\c1c2ccccc2cc2ccccc12)/c1nc2ccccc2s1. The van der Waals surface area contributed by atoms with E-state index in [0.717, 1.165) is 10.5 Å². The van der Waals surface area contributed by atoms with Crippen LogP contribution in [0.25, 0.3) is 43.9 Å². The molecule has 25 heavy (non-hydrogen) atoms. The van der Waals surface area contributed by atoms with Crippen LogP contribution in [-0.2, 0) is 0 Å². The van der Waals surface area contributed by atoms with Gasteiger partial charge in [-0.1, -0.05) is 66.7 Å². The fraction of sp³-hybridized carbons (Fsp3) is 0. The van der Waals surface area contributed by atoms with Crippen LogP contribution in [0.3, 0.4) is 0 Å². The Bertz CT molecular complexity index is 1160. The minimum atomic E-state index is 1.04. The maximum absolute atomic E-state index is 4.72. The predicted molar refractivity (Wildman–Crippen MR) is 110 cm³/mol. The largest absolute Gasteiger partial charge is 0.237 e. The van der Waals surface area contributed by atoms with Gasteiger partial charge in [0, 0.05) is 0 Å². The number of rotatable bonds is 2. The second kappa shape index (κ2) is 5.83. The zero-order valence-electron chi connectivity index (χ0n) is 13.5. The van der Waals surface area contributed by atoms with Crippen LogP contribution in [0.15, 0.2) is 78.9 Å². The van der Waals surface area contributed by atoms with E-state index >= 15 is 0 Å². The van der Waals surface area contributed by atoms with E-state index in [9.17, 15) is 0 Å². The molecule has 1 aromatic heterocycles. The van der Waals surface area contributed by atoms with Crippen LogP contribution in [0, 0.1) is 0 Å². The van der Waals surface area contributed by atoms with E-state index in [0.29, 0.717) is 0 Å². The molecule has 0 spiro atoms. The molecule has 0 saturated carbocycles. The molecule has 5 rings (SSSR count). The monoisotopic (exact) mass is 337 g/mol. The number of hydrogen-bond acceptors (Lipinski definition) is 2. The van der Waals surface area contributed by atoms with E-state index in [2.05, 4.69) is 84.9 Å². The minimum Gasteiger partial charge on any atom is -0.237 e. The van der Waals surface area contributed by atoms with Crippen LogP contribution < -0.4 is 0 Å². The standard InChI is InChI=1S/C23H15NS/c1-3-9-18-16(7-1)15-17-8-2-4-10-19(17)20(18)13-14-23-24-21-11-5-6-12-22(21)25-23/h1-15H/b14-13+. The molecule has 1 heterocycles. The molecule has 4 aromatic carbocycles. The lowest BCUT2D eigenvalue weighted by Crippen LogP contribution is -1.83. The lowest BCUT2D eigenvalue weighted by atomic mass is 9.96. The van der Waals surface area contributed by atoms with Crippen LogP contribution >= 0.6 is 11.3 Å². The number of hydrogen-bond donors (Lipinski definition) is 0. The number of para-hydroxylation sites is 1. The Kier molecular flexibility index (Phi) is 3.36. The number of aromatic nitrogens is 1. The number of nitrogens with zero attached hydrogens (tertiary/aromatic N) is 1. The molecule has 0 aliphatic heterocycles. The van der Waals surface area contributed by atoms with Gasteiger partial charge in [-0.15, -0.1) is 11.3 Å². The molecule has 0 bridgehead atoms. The molecule has 1 nitrogen and oxygen atoms in total. The van der Waals surface area contributed by atoms with E-state index in [1.807, 2.05) is 6.07 Å². The lowest BCUT2D eigenvalue weighted by molar-refractivity contribution is 1.47. The van der Waals surface area contributed by atoms with E-state index < -0.39 is 0 Å². The van der Waals surface area contributed by atoms with Crippen LogP contribution in [0.2, 0.25) is 0 Å². The summed E-state index contributed by atoms with van der Waals surface area (Å²) in [5.74, 6) is 0. The Morgan fingerprint density at radius 2 is 1.32 bits per heavy atom. The fourth-order valence-corrected chi connectivity index (χ4v) is 4.21. The third-order valence-electron chi connectivity index (χ3n) is 4.52. The molecule has 0 saturated heterocycles. The number of fused-ring (bicyclic) bond motifs is 3. The highest BCUT2D eigenvalue weighted by Gasteiger charge is 2.05. The molecule has 0 N–H and O–H groups in total. The van der Waals surface area contributed by atoms with Crippen LogP contribution in [-0.4, -0.2) is 4.98 Å². The number of thiazole rings is 1. The van der Waals surface area contributed by atoms with Crippen molar-refractivity contribution in [3.05, 3.63) is 89.4 Å². The van der Waals surface area contributed by atoms with Gasteiger partial charge in [0.1, 0.15) is 5.01 Å². The molecule has 0 aliphatic rings. The minimum absolute atomic E-state index is 1.04.